The van der Waals surface area contributed by atoms with Crippen molar-refractivity contribution >= 4 is 5.95 Å². The molecule has 0 radical (unpaired) electrons. The Hall–Kier alpha value is -1.95. The fourth-order valence-electron chi connectivity index (χ4n) is 4.01. The molecule has 2 fully saturated rings. The van der Waals surface area contributed by atoms with Crippen molar-refractivity contribution in [3.05, 3.63) is 24.2 Å². The van der Waals surface area contributed by atoms with Gasteiger partial charge in [-0.1, -0.05) is 0 Å². The summed E-state index contributed by atoms with van der Waals surface area (Å²) in [4.78, 5) is 11.6. The summed E-state index contributed by atoms with van der Waals surface area (Å²) in [5.41, 5.74) is 3.43. The first-order valence-electron chi connectivity index (χ1n) is 9.87. The van der Waals surface area contributed by atoms with Crippen LogP contribution in [0.3, 0.4) is 0 Å². The maximum absolute atomic E-state index is 4.81. The molecule has 2 aliphatic carbocycles. The van der Waals surface area contributed by atoms with Crippen LogP contribution in [0, 0.1) is 5.92 Å². The lowest BCUT2D eigenvalue weighted by atomic mass is 9.91. The van der Waals surface area contributed by atoms with Gasteiger partial charge in [-0.05, 0) is 71.0 Å². The van der Waals surface area contributed by atoms with E-state index in [2.05, 4.69) is 34.4 Å². The summed E-state index contributed by atoms with van der Waals surface area (Å²) in [5.74, 6) is 1.58. The number of nitrogens with zero attached hydrogens (tertiary/aromatic N) is 5. The summed E-state index contributed by atoms with van der Waals surface area (Å²) >= 11 is 0. The topological polar surface area (TPSA) is 58.9 Å². The van der Waals surface area contributed by atoms with E-state index in [1.54, 1.807) is 0 Å². The van der Waals surface area contributed by atoms with Gasteiger partial charge in [0.05, 0.1) is 11.9 Å². The van der Waals surface area contributed by atoms with Gasteiger partial charge in [0.25, 0.3) is 0 Å². The van der Waals surface area contributed by atoms with Gasteiger partial charge in [0.15, 0.2) is 0 Å². The Bertz CT molecular complexity index is 741. The standard InChI is InChI=1S/C20H30N6/c1-25(2)16-8-6-15(7-9-16)23-20-21-11-10-18(24-20)17-13-22-26(3)19(17)12-14-4-5-14/h10-11,13-16H,4-9,12H2,1-3H3,(H,21,23,24). The minimum atomic E-state index is 0.473. The Kier molecular flexibility index (Phi) is 4.94. The van der Waals surface area contributed by atoms with E-state index in [9.17, 15) is 0 Å². The van der Waals surface area contributed by atoms with Crippen LogP contribution in [0.25, 0.3) is 11.3 Å². The van der Waals surface area contributed by atoms with Crippen molar-refractivity contribution in [1.29, 1.82) is 0 Å². The third kappa shape index (κ3) is 3.90. The molecule has 0 bridgehead atoms. The van der Waals surface area contributed by atoms with E-state index in [0.29, 0.717) is 12.1 Å². The highest BCUT2D eigenvalue weighted by Gasteiger charge is 2.26. The predicted octanol–water partition coefficient (Wildman–Crippen LogP) is 3.11. The number of rotatable bonds is 6. The average Bonchev–Trinajstić information content (AvgIpc) is 3.38. The van der Waals surface area contributed by atoms with Crippen molar-refractivity contribution in [2.24, 2.45) is 13.0 Å². The van der Waals surface area contributed by atoms with E-state index >= 15 is 0 Å². The average molecular weight is 355 g/mol. The molecule has 2 heterocycles. The summed E-state index contributed by atoms with van der Waals surface area (Å²) in [6.07, 6.45) is 12.4. The van der Waals surface area contributed by atoms with Crippen molar-refractivity contribution < 1.29 is 0 Å². The number of hydrogen-bond donors (Lipinski definition) is 1. The lowest BCUT2D eigenvalue weighted by Crippen LogP contribution is -2.36. The predicted molar refractivity (Wildman–Crippen MR) is 104 cm³/mol. The van der Waals surface area contributed by atoms with Crippen molar-refractivity contribution in [3.63, 3.8) is 0 Å². The van der Waals surface area contributed by atoms with Gasteiger partial charge in [-0.15, -0.1) is 0 Å². The smallest absolute Gasteiger partial charge is 0.223 e. The molecule has 2 aliphatic rings. The number of aromatic nitrogens is 4. The highest BCUT2D eigenvalue weighted by atomic mass is 15.3. The maximum atomic E-state index is 4.81. The van der Waals surface area contributed by atoms with Crippen molar-refractivity contribution in [3.8, 4) is 11.3 Å². The second-order valence-electron chi connectivity index (χ2n) is 8.15. The Labute approximate surface area is 156 Å². The minimum Gasteiger partial charge on any atom is -0.351 e. The van der Waals surface area contributed by atoms with Crippen LogP contribution in [0.4, 0.5) is 5.95 Å². The SMILES string of the molecule is CN(C)C1CCC(Nc2nccc(-c3cnn(C)c3CC3CC3)n2)CC1. The lowest BCUT2D eigenvalue weighted by molar-refractivity contribution is 0.221. The van der Waals surface area contributed by atoms with Gasteiger partial charge in [-0.3, -0.25) is 4.68 Å². The Balaban J connectivity index is 1.46. The van der Waals surface area contributed by atoms with Crippen LogP contribution < -0.4 is 5.32 Å². The van der Waals surface area contributed by atoms with E-state index in [1.807, 2.05) is 30.2 Å². The van der Waals surface area contributed by atoms with E-state index in [4.69, 9.17) is 4.98 Å². The Morgan fingerprint density at radius 2 is 1.92 bits per heavy atom. The molecule has 0 unspecified atom stereocenters. The zero-order valence-electron chi connectivity index (χ0n) is 16.1. The summed E-state index contributed by atoms with van der Waals surface area (Å²) in [5, 5.41) is 8.04. The number of aryl methyl sites for hydroxylation is 1. The van der Waals surface area contributed by atoms with Crippen LogP contribution in [-0.2, 0) is 13.5 Å². The monoisotopic (exact) mass is 354 g/mol. The molecule has 0 aromatic carbocycles. The zero-order chi connectivity index (χ0) is 18.1. The summed E-state index contributed by atoms with van der Waals surface area (Å²) in [6, 6.07) is 3.18. The molecule has 26 heavy (non-hydrogen) atoms. The van der Waals surface area contributed by atoms with E-state index in [1.165, 1.54) is 44.2 Å². The van der Waals surface area contributed by atoms with Gasteiger partial charge in [0.2, 0.25) is 5.95 Å². The van der Waals surface area contributed by atoms with E-state index < -0.39 is 0 Å². The molecule has 0 atom stereocenters. The molecule has 0 spiro atoms. The summed E-state index contributed by atoms with van der Waals surface area (Å²) < 4.78 is 2.01. The van der Waals surface area contributed by atoms with Gasteiger partial charge in [0, 0.05) is 36.6 Å². The molecule has 2 aromatic rings. The van der Waals surface area contributed by atoms with Gasteiger partial charge < -0.3 is 10.2 Å². The van der Waals surface area contributed by atoms with Crippen LogP contribution >= 0.6 is 0 Å². The van der Waals surface area contributed by atoms with Gasteiger partial charge in [-0.2, -0.15) is 5.10 Å². The molecule has 140 valence electrons. The normalized spacial score (nSPS) is 23.4. The molecule has 0 amide bonds. The van der Waals surface area contributed by atoms with Crippen molar-refractivity contribution in [1.82, 2.24) is 24.6 Å². The molecule has 2 saturated carbocycles. The highest BCUT2D eigenvalue weighted by Crippen LogP contribution is 2.35. The number of anilines is 1. The van der Waals surface area contributed by atoms with Gasteiger partial charge in [0.1, 0.15) is 0 Å². The molecule has 6 nitrogen and oxygen atoms in total. The Morgan fingerprint density at radius 1 is 1.15 bits per heavy atom. The van der Waals surface area contributed by atoms with Crippen LogP contribution in [0.1, 0.15) is 44.2 Å². The van der Waals surface area contributed by atoms with Crippen molar-refractivity contribution in [2.75, 3.05) is 19.4 Å². The van der Waals surface area contributed by atoms with Gasteiger partial charge >= 0.3 is 0 Å². The zero-order valence-corrected chi connectivity index (χ0v) is 16.1. The van der Waals surface area contributed by atoms with Crippen LogP contribution in [0.2, 0.25) is 0 Å². The first-order chi connectivity index (χ1) is 12.6. The largest absolute Gasteiger partial charge is 0.351 e. The second-order valence-corrected chi connectivity index (χ2v) is 8.15. The van der Waals surface area contributed by atoms with Gasteiger partial charge in [-0.25, -0.2) is 9.97 Å². The third-order valence-electron chi connectivity index (χ3n) is 5.93. The van der Waals surface area contributed by atoms with E-state index in [-0.39, 0.29) is 0 Å². The van der Waals surface area contributed by atoms with Crippen molar-refractivity contribution in [2.45, 2.75) is 57.0 Å². The number of hydrogen-bond acceptors (Lipinski definition) is 5. The molecule has 6 heteroatoms. The second kappa shape index (κ2) is 7.35. The molecular formula is C20H30N6. The molecule has 0 saturated heterocycles. The minimum absolute atomic E-state index is 0.473. The number of nitrogens with one attached hydrogen (secondary N) is 1. The maximum Gasteiger partial charge on any atom is 0.223 e. The molecule has 0 aliphatic heterocycles. The molecular weight excluding hydrogens is 324 g/mol. The van der Waals surface area contributed by atoms with E-state index in [0.717, 1.165) is 29.5 Å². The van der Waals surface area contributed by atoms with Crippen LogP contribution in [0.15, 0.2) is 18.5 Å². The first kappa shape index (κ1) is 17.5. The highest BCUT2D eigenvalue weighted by molar-refractivity contribution is 5.62. The molecule has 1 N–H and O–H groups in total. The molecule has 4 rings (SSSR count). The Morgan fingerprint density at radius 3 is 2.62 bits per heavy atom. The lowest BCUT2D eigenvalue weighted by Gasteiger charge is -2.32. The molecule has 2 aromatic heterocycles. The van der Waals surface area contributed by atoms with Crippen LogP contribution in [-0.4, -0.2) is 50.8 Å². The summed E-state index contributed by atoms with van der Waals surface area (Å²) in [7, 11) is 6.39. The summed E-state index contributed by atoms with van der Waals surface area (Å²) in [6.45, 7) is 0. The quantitative estimate of drug-likeness (QED) is 0.864. The van der Waals surface area contributed by atoms with Crippen LogP contribution in [0.5, 0.6) is 0 Å². The first-order valence-corrected chi connectivity index (χ1v) is 9.87. The third-order valence-corrected chi connectivity index (χ3v) is 5.93. The fraction of sp³-hybridized carbons (Fsp3) is 0.650. The fourth-order valence-corrected chi connectivity index (χ4v) is 4.01.